The second kappa shape index (κ2) is 1.91. The number of hydrogen-bond acceptors (Lipinski definition) is 2. The molecule has 0 aromatic heterocycles. The number of alkyl halides is 1. The third-order valence-corrected chi connectivity index (χ3v) is 1.10. The van der Waals surface area contributed by atoms with E-state index in [1.165, 1.54) is 0 Å². The van der Waals surface area contributed by atoms with Crippen molar-refractivity contribution in [1.82, 2.24) is 5.32 Å². The van der Waals surface area contributed by atoms with Crippen LogP contribution in [-0.4, -0.2) is 11.7 Å². The Morgan fingerprint density at radius 3 is 3.00 bits per heavy atom. The molecule has 6 heavy (non-hydrogen) atoms. The Morgan fingerprint density at radius 1 is 2.00 bits per heavy atom. The van der Waals surface area contributed by atoms with Crippen LogP contribution in [0.25, 0.3) is 0 Å². The van der Waals surface area contributed by atoms with E-state index < -0.39 is 0 Å². The van der Waals surface area contributed by atoms with E-state index >= 15 is 0 Å². The lowest BCUT2D eigenvalue weighted by molar-refractivity contribution is 0.179. The summed E-state index contributed by atoms with van der Waals surface area (Å²) in [7, 11) is 0. The van der Waals surface area contributed by atoms with Crippen molar-refractivity contribution < 1.29 is 4.74 Å². The normalized spacial score (nSPS) is 34.5. The van der Waals surface area contributed by atoms with E-state index in [1.807, 2.05) is 6.54 Å². The predicted molar refractivity (Wildman–Crippen MR) is 26.1 cm³/mol. The maximum atomic E-state index is 4.90. The van der Waals surface area contributed by atoms with Gasteiger partial charge in [0.2, 0.25) is 0 Å². The summed E-state index contributed by atoms with van der Waals surface area (Å²) >= 11 is 3.20. The number of rotatable bonds is 0. The topological polar surface area (TPSA) is 21.3 Å². The minimum Gasteiger partial charge on any atom is -0.350 e. The molecule has 0 amide bonds. The van der Waals surface area contributed by atoms with Gasteiger partial charge in [-0.25, -0.2) is 0 Å². The molecule has 2 nitrogen and oxygen atoms in total. The van der Waals surface area contributed by atoms with Crippen LogP contribution in [0.1, 0.15) is 0 Å². The quantitative estimate of drug-likeness (QED) is 0.507. The monoisotopic (exact) mass is 150 g/mol. The van der Waals surface area contributed by atoms with Gasteiger partial charge in [0.25, 0.3) is 0 Å². The van der Waals surface area contributed by atoms with Crippen LogP contribution in [0.15, 0.2) is 0 Å². The molecule has 0 saturated carbocycles. The van der Waals surface area contributed by atoms with Crippen molar-refractivity contribution in [2.24, 2.45) is 0 Å². The van der Waals surface area contributed by atoms with Crippen LogP contribution in [0, 0.1) is 6.54 Å². The minimum absolute atomic E-state index is 0.123. The molecular weight excluding hydrogens is 146 g/mol. The number of halogens is 1. The maximum Gasteiger partial charge on any atom is 0.131 e. The van der Waals surface area contributed by atoms with Gasteiger partial charge in [-0.2, -0.15) is 0 Å². The molecule has 1 fully saturated rings. The van der Waals surface area contributed by atoms with Gasteiger partial charge in [0, 0.05) is 0 Å². The number of ether oxygens (including phenoxy) is 1. The third kappa shape index (κ3) is 0.929. The number of nitrogens with one attached hydrogen (secondary N) is 1. The predicted octanol–water partition coefficient (Wildman–Crippen LogP) is 0.446. The Hall–Kier alpha value is 0.400. The Bertz CT molecular complexity index is 44.1. The smallest absolute Gasteiger partial charge is 0.131 e. The third-order valence-electron chi connectivity index (χ3n) is 0.575. The number of hydrogen-bond donors (Lipinski definition) is 1. The van der Waals surface area contributed by atoms with Gasteiger partial charge in [-0.3, -0.25) is 5.32 Å². The van der Waals surface area contributed by atoms with E-state index in [-0.39, 0.29) is 5.01 Å². The van der Waals surface area contributed by atoms with E-state index in [4.69, 9.17) is 4.74 Å². The first-order chi connectivity index (χ1) is 2.89. The van der Waals surface area contributed by atoms with Gasteiger partial charge in [0.1, 0.15) is 5.01 Å². The first-order valence-electron chi connectivity index (χ1n) is 1.72. The van der Waals surface area contributed by atoms with Crippen LogP contribution < -0.4 is 5.32 Å². The van der Waals surface area contributed by atoms with Crippen LogP contribution >= 0.6 is 15.9 Å². The molecule has 1 N–H and O–H groups in total. The molecule has 0 aromatic rings. The standard InChI is InChI=1S/C3H5BrNO/c4-3-1-5-2-6-3/h1,3,5H,2H2. The van der Waals surface area contributed by atoms with Crippen LogP contribution in [0.3, 0.4) is 0 Å². The summed E-state index contributed by atoms with van der Waals surface area (Å²) in [5.41, 5.74) is 0. The van der Waals surface area contributed by atoms with Crippen molar-refractivity contribution >= 4 is 15.9 Å². The molecule has 1 radical (unpaired) electrons. The highest BCUT2D eigenvalue weighted by atomic mass is 79.9. The van der Waals surface area contributed by atoms with E-state index in [1.54, 1.807) is 0 Å². The fourth-order valence-corrected chi connectivity index (χ4v) is 0.636. The first kappa shape index (κ1) is 4.56. The summed E-state index contributed by atoms with van der Waals surface area (Å²) in [4.78, 5) is 0. The average Bonchev–Trinajstić information content (AvgIpc) is 1.86. The van der Waals surface area contributed by atoms with Crippen molar-refractivity contribution in [2.75, 3.05) is 6.73 Å². The highest BCUT2D eigenvalue weighted by Gasteiger charge is 2.08. The van der Waals surface area contributed by atoms with Gasteiger partial charge < -0.3 is 4.74 Å². The molecule has 0 aliphatic carbocycles. The molecule has 0 spiro atoms. The van der Waals surface area contributed by atoms with Gasteiger partial charge in [-0.05, 0) is 0 Å². The lowest BCUT2D eigenvalue weighted by Crippen LogP contribution is -2.00. The average molecular weight is 151 g/mol. The van der Waals surface area contributed by atoms with E-state index in [0.29, 0.717) is 6.73 Å². The summed E-state index contributed by atoms with van der Waals surface area (Å²) < 4.78 is 4.90. The molecule has 0 bridgehead atoms. The molecule has 1 unspecified atom stereocenters. The molecule has 1 aliphatic rings. The van der Waals surface area contributed by atoms with Crippen molar-refractivity contribution in [2.45, 2.75) is 5.01 Å². The second-order valence-corrected chi connectivity index (χ2v) is 1.94. The zero-order valence-corrected chi connectivity index (χ0v) is 4.73. The van der Waals surface area contributed by atoms with E-state index in [2.05, 4.69) is 21.2 Å². The molecule has 0 aromatic carbocycles. The summed E-state index contributed by atoms with van der Waals surface area (Å²) in [6, 6.07) is 0. The van der Waals surface area contributed by atoms with Gasteiger partial charge in [-0.1, -0.05) is 15.9 Å². The fourth-order valence-electron chi connectivity index (χ4n) is 0.317. The largest absolute Gasteiger partial charge is 0.350 e. The van der Waals surface area contributed by atoms with Gasteiger partial charge in [0.15, 0.2) is 0 Å². The maximum absolute atomic E-state index is 4.90. The Balaban J connectivity index is 2.18. The molecule has 1 aliphatic heterocycles. The van der Waals surface area contributed by atoms with Crippen LogP contribution in [0.2, 0.25) is 0 Å². The lowest BCUT2D eigenvalue weighted by atomic mass is 10.7. The van der Waals surface area contributed by atoms with Crippen molar-refractivity contribution in [3.8, 4) is 0 Å². The van der Waals surface area contributed by atoms with Crippen LogP contribution in [0.5, 0.6) is 0 Å². The molecular formula is C3H5BrNO. The van der Waals surface area contributed by atoms with E-state index in [0.717, 1.165) is 0 Å². The summed E-state index contributed by atoms with van der Waals surface area (Å²) in [5.74, 6) is 0. The Labute approximate surface area is 45.0 Å². The summed E-state index contributed by atoms with van der Waals surface area (Å²) in [6.45, 7) is 2.48. The second-order valence-electron chi connectivity index (χ2n) is 1.03. The molecule has 35 valence electrons. The molecule has 1 rings (SSSR count). The highest BCUT2D eigenvalue weighted by Crippen LogP contribution is 2.06. The molecule has 1 heterocycles. The zero-order chi connectivity index (χ0) is 4.41. The summed E-state index contributed by atoms with van der Waals surface area (Å²) in [6.07, 6.45) is 0. The first-order valence-corrected chi connectivity index (χ1v) is 2.63. The fraction of sp³-hybridized carbons (Fsp3) is 0.667. The molecule has 3 heteroatoms. The van der Waals surface area contributed by atoms with Crippen LogP contribution in [0.4, 0.5) is 0 Å². The Kier molecular flexibility index (Phi) is 1.45. The minimum atomic E-state index is 0.123. The lowest BCUT2D eigenvalue weighted by Gasteiger charge is -1.89. The zero-order valence-electron chi connectivity index (χ0n) is 3.15. The van der Waals surface area contributed by atoms with Crippen molar-refractivity contribution in [3.63, 3.8) is 0 Å². The van der Waals surface area contributed by atoms with Gasteiger partial charge in [-0.15, -0.1) is 0 Å². The van der Waals surface area contributed by atoms with Gasteiger partial charge >= 0.3 is 0 Å². The molecule has 1 atom stereocenters. The summed E-state index contributed by atoms with van der Waals surface area (Å²) in [5, 5.41) is 3.00. The van der Waals surface area contributed by atoms with Crippen molar-refractivity contribution in [1.29, 1.82) is 0 Å². The SMILES string of the molecule is BrC1[CH]NCO1. The Morgan fingerprint density at radius 2 is 2.83 bits per heavy atom. The molecule has 1 saturated heterocycles. The van der Waals surface area contributed by atoms with E-state index in [9.17, 15) is 0 Å². The highest BCUT2D eigenvalue weighted by molar-refractivity contribution is 9.09. The van der Waals surface area contributed by atoms with Crippen molar-refractivity contribution in [3.05, 3.63) is 6.54 Å². The van der Waals surface area contributed by atoms with Crippen LogP contribution in [-0.2, 0) is 4.74 Å². The van der Waals surface area contributed by atoms with Gasteiger partial charge in [0.05, 0.1) is 13.3 Å².